The average Bonchev–Trinajstić information content (AvgIpc) is 2.98. The summed E-state index contributed by atoms with van der Waals surface area (Å²) in [5.41, 5.74) is 1.01. The molecule has 4 heteroatoms. The molecule has 2 fully saturated rings. The van der Waals surface area contributed by atoms with E-state index in [2.05, 4.69) is 4.90 Å². The fourth-order valence-corrected chi connectivity index (χ4v) is 4.09. The molecule has 1 aliphatic carbocycles. The number of nitrogens with zero attached hydrogens (tertiary/aromatic N) is 2. The van der Waals surface area contributed by atoms with Gasteiger partial charge in [-0.2, -0.15) is 5.26 Å². The molecule has 0 amide bonds. The smallest absolute Gasteiger partial charge is 0.129 e. The van der Waals surface area contributed by atoms with Crippen molar-refractivity contribution in [3.05, 3.63) is 35.1 Å². The van der Waals surface area contributed by atoms with Gasteiger partial charge in [-0.25, -0.2) is 4.39 Å². The predicted molar refractivity (Wildman–Crippen MR) is 82.5 cm³/mol. The van der Waals surface area contributed by atoms with Gasteiger partial charge in [-0.1, -0.05) is 18.9 Å². The van der Waals surface area contributed by atoms with Gasteiger partial charge in [0.05, 0.1) is 17.7 Å². The normalized spacial score (nSPS) is 29.4. The van der Waals surface area contributed by atoms with Crippen molar-refractivity contribution in [2.75, 3.05) is 6.54 Å². The molecule has 1 aliphatic heterocycles. The molecule has 0 unspecified atom stereocenters. The minimum atomic E-state index is -0.297. The van der Waals surface area contributed by atoms with Crippen molar-refractivity contribution in [2.24, 2.45) is 5.92 Å². The van der Waals surface area contributed by atoms with Crippen LogP contribution in [0.4, 0.5) is 4.39 Å². The van der Waals surface area contributed by atoms with Crippen LogP contribution in [0.25, 0.3) is 0 Å². The Morgan fingerprint density at radius 1 is 1.23 bits per heavy atom. The Morgan fingerprint density at radius 2 is 2.05 bits per heavy atom. The first-order valence-electron chi connectivity index (χ1n) is 8.29. The van der Waals surface area contributed by atoms with Crippen molar-refractivity contribution in [1.82, 2.24) is 4.90 Å². The van der Waals surface area contributed by atoms with Crippen LogP contribution in [0.3, 0.4) is 0 Å². The number of hydrogen-bond donors (Lipinski definition) is 1. The lowest BCUT2D eigenvalue weighted by Crippen LogP contribution is -2.42. The predicted octanol–water partition coefficient (Wildman–Crippen LogP) is 3.21. The molecule has 3 atom stereocenters. The maximum absolute atomic E-state index is 14.1. The van der Waals surface area contributed by atoms with Gasteiger partial charge in [0, 0.05) is 24.1 Å². The highest BCUT2D eigenvalue weighted by Gasteiger charge is 2.36. The Balaban J connectivity index is 1.72. The lowest BCUT2D eigenvalue weighted by Gasteiger charge is -2.37. The Kier molecular flexibility index (Phi) is 4.75. The highest BCUT2D eigenvalue weighted by molar-refractivity contribution is 5.32. The molecule has 2 aliphatic rings. The zero-order valence-corrected chi connectivity index (χ0v) is 12.8. The monoisotopic (exact) mass is 302 g/mol. The highest BCUT2D eigenvalue weighted by Crippen LogP contribution is 2.35. The third kappa shape index (κ3) is 3.16. The highest BCUT2D eigenvalue weighted by atomic mass is 19.1. The zero-order chi connectivity index (χ0) is 15.5. The number of nitriles is 1. The molecule has 1 aromatic carbocycles. The number of halogens is 1. The van der Waals surface area contributed by atoms with Crippen molar-refractivity contribution >= 4 is 0 Å². The molecular formula is C18H23FN2O. The summed E-state index contributed by atoms with van der Waals surface area (Å²) in [6, 6.07) is 7.05. The Hall–Kier alpha value is -1.44. The molecule has 1 saturated carbocycles. The molecule has 22 heavy (non-hydrogen) atoms. The van der Waals surface area contributed by atoms with E-state index in [1.807, 2.05) is 6.07 Å². The summed E-state index contributed by atoms with van der Waals surface area (Å²) >= 11 is 0. The van der Waals surface area contributed by atoms with Crippen LogP contribution in [0.1, 0.15) is 49.7 Å². The van der Waals surface area contributed by atoms with Crippen molar-refractivity contribution < 1.29 is 9.50 Å². The molecule has 3 rings (SSSR count). The van der Waals surface area contributed by atoms with Crippen LogP contribution in [-0.2, 0) is 6.54 Å². The molecule has 118 valence electrons. The summed E-state index contributed by atoms with van der Waals surface area (Å²) < 4.78 is 14.1. The second-order valence-corrected chi connectivity index (χ2v) is 6.61. The molecule has 1 N–H and O–H groups in total. The lowest BCUT2D eigenvalue weighted by molar-refractivity contribution is 0.0199. The zero-order valence-electron chi connectivity index (χ0n) is 12.8. The largest absolute Gasteiger partial charge is 0.393 e. The van der Waals surface area contributed by atoms with Crippen molar-refractivity contribution in [2.45, 2.75) is 57.2 Å². The average molecular weight is 302 g/mol. The van der Waals surface area contributed by atoms with Crippen LogP contribution >= 0.6 is 0 Å². The van der Waals surface area contributed by atoms with E-state index in [0.29, 0.717) is 29.6 Å². The minimum absolute atomic E-state index is 0.204. The number of benzene rings is 1. The molecule has 0 aromatic heterocycles. The first-order chi connectivity index (χ1) is 10.7. The Bertz CT molecular complexity index is 569. The summed E-state index contributed by atoms with van der Waals surface area (Å²) in [5.74, 6) is 0.0339. The van der Waals surface area contributed by atoms with E-state index in [9.17, 15) is 9.50 Å². The third-order valence-corrected chi connectivity index (χ3v) is 5.25. The molecule has 1 aromatic rings. The van der Waals surface area contributed by atoms with Gasteiger partial charge in [-0.3, -0.25) is 4.90 Å². The fraction of sp³-hybridized carbons (Fsp3) is 0.611. The summed E-state index contributed by atoms with van der Waals surface area (Å²) in [4.78, 5) is 2.32. The summed E-state index contributed by atoms with van der Waals surface area (Å²) in [6.45, 7) is 1.54. The molecule has 1 heterocycles. The van der Waals surface area contributed by atoms with Gasteiger partial charge in [0.1, 0.15) is 5.82 Å². The lowest BCUT2D eigenvalue weighted by atomic mass is 9.80. The van der Waals surface area contributed by atoms with Crippen LogP contribution in [0.5, 0.6) is 0 Å². The van der Waals surface area contributed by atoms with E-state index in [1.165, 1.54) is 12.5 Å². The summed E-state index contributed by atoms with van der Waals surface area (Å²) in [7, 11) is 0. The molecule has 3 nitrogen and oxygen atoms in total. The summed E-state index contributed by atoms with van der Waals surface area (Å²) in [6.07, 6.45) is 6.31. The summed E-state index contributed by atoms with van der Waals surface area (Å²) in [5, 5.41) is 19.1. The van der Waals surface area contributed by atoms with Crippen LogP contribution in [0.15, 0.2) is 18.2 Å². The first-order valence-corrected chi connectivity index (χ1v) is 8.29. The van der Waals surface area contributed by atoms with Crippen LogP contribution in [0, 0.1) is 23.1 Å². The van der Waals surface area contributed by atoms with E-state index in [4.69, 9.17) is 5.26 Å². The van der Waals surface area contributed by atoms with Gasteiger partial charge in [0.25, 0.3) is 0 Å². The minimum Gasteiger partial charge on any atom is -0.393 e. The molecule has 0 bridgehead atoms. The fourth-order valence-electron chi connectivity index (χ4n) is 4.09. The number of rotatable bonds is 3. The van der Waals surface area contributed by atoms with Crippen molar-refractivity contribution in [1.29, 1.82) is 5.26 Å². The number of hydrogen-bond acceptors (Lipinski definition) is 3. The second-order valence-electron chi connectivity index (χ2n) is 6.61. The first kappa shape index (κ1) is 15.5. The molecule has 1 saturated heterocycles. The van der Waals surface area contributed by atoms with Gasteiger partial charge in [0.2, 0.25) is 0 Å². The molecule has 0 spiro atoms. The van der Waals surface area contributed by atoms with Crippen LogP contribution in [-0.4, -0.2) is 28.7 Å². The van der Waals surface area contributed by atoms with E-state index < -0.39 is 0 Å². The maximum Gasteiger partial charge on any atom is 0.129 e. The van der Waals surface area contributed by atoms with Crippen LogP contribution < -0.4 is 0 Å². The quantitative estimate of drug-likeness (QED) is 0.932. The van der Waals surface area contributed by atoms with Gasteiger partial charge >= 0.3 is 0 Å². The van der Waals surface area contributed by atoms with Gasteiger partial charge in [0.15, 0.2) is 0 Å². The van der Waals surface area contributed by atoms with Crippen molar-refractivity contribution in [3.63, 3.8) is 0 Å². The standard InChI is InChI=1S/C18H23FN2O/c19-16-10-13(11-20)7-8-14(16)12-21-9-3-5-17(21)15-4-1-2-6-18(15)22/h7-8,10,15,17-18,22H,1-6,9,12H2/t15-,17-,18+/m1/s1. The van der Waals surface area contributed by atoms with E-state index in [-0.39, 0.29) is 11.9 Å². The maximum atomic E-state index is 14.1. The SMILES string of the molecule is N#Cc1ccc(CN2CCC[C@@H]2[C@H]2CCCC[C@@H]2O)c(F)c1. The van der Waals surface area contributed by atoms with Gasteiger partial charge < -0.3 is 5.11 Å². The molecular weight excluding hydrogens is 279 g/mol. The Morgan fingerprint density at radius 3 is 2.77 bits per heavy atom. The third-order valence-electron chi connectivity index (χ3n) is 5.25. The van der Waals surface area contributed by atoms with E-state index >= 15 is 0 Å². The van der Waals surface area contributed by atoms with E-state index in [0.717, 1.165) is 38.6 Å². The Labute approximate surface area is 131 Å². The van der Waals surface area contributed by atoms with Gasteiger partial charge in [-0.15, -0.1) is 0 Å². The number of aliphatic hydroxyl groups excluding tert-OH is 1. The number of likely N-dealkylation sites (tertiary alicyclic amines) is 1. The van der Waals surface area contributed by atoms with Gasteiger partial charge in [-0.05, 0) is 44.4 Å². The topological polar surface area (TPSA) is 47.3 Å². The van der Waals surface area contributed by atoms with Crippen LogP contribution in [0.2, 0.25) is 0 Å². The second kappa shape index (κ2) is 6.76. The van der Waals surface area contributed by atoms with Crippen molar-refractivity contribution in [3.8, 4) is 6.07 Å². The van der Waals surface area contributed by atoms with E-state index in [1.54, 1.807) is 12.1 Å². The molecule has 0 radical (unpaired) electrons. The number of aliphatic hydroxyl groups is 1.